The van der Waals surface area contributed by atoms with Crippen molar-refractivity contribution in [1.82, 2.24) is 9.88 Å². The first-order valence-electron chi connectivity index (χ1n) is 6.76. The molecule has 0 bridgehead atoms. The van der Waals surface area contributed by atoms with Crippen LogP contribution in [0.15, 0.2) is 0 Å². The summed E-state index contributed by atoms with van der Waals surface area (Å²) >= 11 is 3.18. The molecule has 1 aliphatic rings. The SMILES string of the molecule is COC(=O)c1nc(NCCN2CCSCC2)sc1C(C)=O. The molecule has 0 atom stereocenters. The quantitative estimate of drug-likeness (QED) is 0.628. The number of anilines is 1. The Morgan fingerprint density at radius 2 is 2.10 bits per heavy atom. The molecule has 0 radical (unpaired) electrons. The molecule has 116 valence electrons. The largest absolute Gasteiger partial charge is 0.464 e. The van der Waals surface area contributed by atoms with Crippen molar-refractivity contribution in [2.24, 2.45) is 0 Å². The average Bonchev–Trinajstić information content (AvgIpc) is 2.92. The second-order valence-electron chi connectivity index (χ2n) is 4.63. The summed E-state index contributed by atoms with van der Waals surface area (Å²) in [4.78, 5) is 30.1. The van der Waals surface area contributed by atoms with Crippen LogP contribution in [-0.2, 0) is 4.74 Å². The number of aromatic nitrogens is 1. The number of thioether (sulfide) groups is 1. The third-order valence-corrected chi connectivity index (χ3v) is 5.19. The first-order valence-corrected chi connectivity index (χ1v) is 8.73. The predicted molar refractivity (Wildman–Crippen MR) is 85.7 cm³/mol. The minimum Gasteiger partial charge on any atom is -0.464 e. The molecule has 2 rings (SSSR count). The zero-order valence-electron chi connectivity index (χ0n) is 12.2. The molecule has 1 aromatic rings. The summed E-state index contributed by atoms with van der Waals surface area (Å²) in [5.74, 6) is 1.61. The van der Waals surface area contributed by atoms with E-state index in [1.54, 1.807) is 0 Å². The van der Waals surface area contributed by atoms with Crippen LogP contribution in [0.3, 0.4) is 0 Å². The van der Waals surface area contributed by atoms with Crippen molar-refractivity contribution < 1.29 is 14.3 Å². The van der Waals surface area contributed by atoms with Gasteiger partial charge in [-0.25, -0.2) is 9.78 Å². The maximum atomic E-state index is 11.6. The second kappa shape index (κ2) is 7.77. The van der Waals surface area contributed by atoms with Gasteiger partial charge in [0, 0.05) is 44.6 Å². The average molecular weight is 329 g/mol. The van der Waals surface area contributed by atoms with E-state index in [0.717, 1.165) is 26.2 Å². The highest BCUT2D eigenvalue weighted by molar-refractivity contribution is 7.99. The number of hydrogen-bond donors (Lipinski definition) is 1. The minimum atomic E-state index is -0.572. The maximum absolute atomic E-state index is 11.6. The van der Waals surface area contributed by atoms with Gasteiger partial charge >= 0.3 is 5.97 Å². The van der Waals surface area contributed by atoms with Crippen LogP contribution in [-0.4, -0.2) is 66.4 Å². The van der Waals surface area contributed by atoms with Crippen molar-refractivity contribution >= 4 is 40.0 Å². The maximum Gasteiger partial charge on any atom is 0.358 e. The van der Waals surface area contributed by atoms with E-state index >= 15 is 0 Å². The third kappa shape index (κ3) is 4.42. The van der Waals surface area contributed by atoms with Gasteiger partial charge in [-0.1, -0.05) is 11.3 Å². The molecular weight excluding hydrogens is 310 g/mol. The highest BCUT2D eigenvalue weighted by Crippen LogP contribution is 2.24. The predicted octanol–water partition coefficient (Wildman–Crippen LogP) is 1.59. The second-order valence-corrected chi connectivity index (χ2v) is 6.85. The van der Waals surface area contributed by atoms with Crippen LogP contribution in [0.2, 0.25) is 0 Å². The smallest absolute Gasteiger partial charge is 0.358 e. The lowest BCUT2D eigenvalue weighted by Gasteiger charge is -2.25. The molecular formula is C13H19N3O3S2. The van der Waals surface area contributed by atoms with Crippen LogP contribution >= 0.6 is 23.1 Å². The number of nitrogens with one attached hydrogen (secondary N) is 1. The van der Waals surface area contributed by atoms with Gasteiger partial charge in [-0.15, -0.1) is 0 Å². The monoisotopic (exact) mass is 329 g/mol. The lowest BCUT2D eigenvalue weighted by atomic mass is 10.3. The van der Waals surface area contributed by atoms with Gasteiger partial charge in [-0.2, -0.15) is 11.8 Å². The number of carbonyl (C=O) groups is 2. The molecule has 21 heavy (non-hydrogen) atoms. The van der Waals surface area contributed by atoms with Crippen molar-refractivity contribution in [1.29, 1.82) is 0 Å². The summed E-state index contributed by atoms with van der Waals surface area (Å²) in [6.07, 6.45) is 0. The van der Waals surface area contributed by atoms with E-state index in [2.05, 4.69) is 19.9 Å². The topological polar surface area (TPSA) is 71.5 Å². The van der Waals surface area contributed by atoms with E-state index in [-0.39, 0.29) is 11.5 Å². The number of methoxy groups -OCH3 is 1. The van der Waals surface area contributed by atoms with Gasteiger partial charge < -0.3 is 10.1 Å². The summed E-state index contributed by atoms with van der Waals surface area (Å²) in [5, 5.41) is 3.78. The molecule has 0 saturated carbocycles. The molecule has 0 aromatic carbocycles. The number of ketones is 1. The van der Waals surface area contributed by atoms with Gasteiger partial charge in [0.25, 0.3) is 0 Å². The van der Waals surface area contributed by atoms with Gasteiger partial charge in [0.2, 0.25) is 0 Å². The number of hydrogen-bond acceptors (Lipinski definition) is 8. The molecule has 1 aromatic heterocycles. The molecule has 1 fully saturated rings. The van der Waals surface area contributed by atoms with Crippen LogP contribution in [0.1, 0.15) is 27.1 Å². The fraction of sp³-hybridized carbons (Fsp3) is 0.615. The summed E-state index contributed by atoms with van der Waals surface area (Å²) in [5.41, 5.74) is 0.104. The zero-order chi connectivity index (χ0) is 15.2. The Balaban J connectivity index is 1.93. The Labute approximate surface area is 132 Å². The molecule has 8 heteroatoms. The van der Waals surface area contributed by atoms with E-state index in [9.17, 15) is 9.59 Å². The van der Waals surface area contributed by atoms with Crippen LogP contribution in [0, 0.1) is 0 Å². The van der Waals surface area contributed by atoms with Crippen molar-refractivity contribution in [2.75, 3.05) is 50.1 Å². The van der Waals surface area contributed by atoms with E-state index in [1.165, 1.54) is 36.9 Å². The number of carbonyl (C=O) groups excluding carboxylic acids is 2. The molecule has 1 saturated heterocycles. The van der Waals surface area contributed by atoms with Crippen molar-refractivity contribution in [3.05, 3.63) is 10.6 Å². The Morgan fingerprint density at radius 1 is 1.38 bits per heavy atom. The zero-order valence-corrected chi connectivity index (χ0v) is 13.8. The minimum absolute atomic E-state index is 0.104. The van der Waals surface area contributed by atoms with Crippen molar-refractivity contribution in [3.63, 3.8) is 0 Å². The summed E-state index contributed by atoms with van der Waals surface area (Å²) in [6, 6.07) is 0. The Bertz CT molecular complexity index is 513. The van der Waals surface area contributed by atoms with Gasteiger partial charge in [0.1, 0.15) is 4.88 Å². The fourth-order valence-corrected chi connectivity index (χ4v) is 3.87. The molecule has 2 heterocycles. The van der Waals surface area contributed by atoms with Gasteiger partial charge in [-0.05, 0) is 0 Å². The normalized spacial score (nSPS) is 15.7. The Morgan fingerprint density at radius 3 is 2.71 bits per heavy atom. The Hall–Kier alpha value is -1.12. The molecule has 0 amide bonds. The number of esters is 1. The first-order chi connectivity index (χ1) is 10.1. The molecule has 0 aliphatic carbocycles. The third-order valence-electron chi connectivity index (χ3n) is 3.13. The standard InChI is InChI=1S/C13H19N3O3S2/c1-9(17)11-10(12(18)19-2)15-13(21-11)14-3-4-16-5-7-20-8-6-16/h3-8H2,1-2H3,(H,14,15). The van der Waals surface area contributed by atoms with Crippen LogP contribution in [0.4, 0.5) is 5.13 Å². The van der Waals surface area contributed by atoms with E-state index in [4.69, 9.17) is 0 Å². The first kappa shape index (κ1) is 16.3. The lowest BCUT2D eigenvalue weighted by Crippen LogP contribution is -2.36. The van der Waals surface area contributed by atoms with Gasteiger partial charge in [-0.3, -0.25) is 9.69 Å². The molecule has 6 nitrogen and oxygen atoms in total. The van der Waals surface area contributed by atoms with E-state index in [0.29, 0.717) is 10.0 Å². The fourth-order valence-electron chi connectivity index (χ4n) is 2.02. The molecule has 0 unspecified atom stereocenters. The summed E-state index contributed by atoms with van der Waals surface area (Å²) < 4.78 is 4.65. The molecule has 1 aliphatic heterocycles. The van der Waals surface area contributed by atoms with Crippen LogP contribution in [0.5, 0.6) is 0 Å². The highest BCUT2D eigenvalue weighted by atomic mass is 32.2. The number of Topliss-reactive ketones (excluding diaryl/α,β-unsaturated/α-hetero) is 1. The van der Waals surface area contributed by atoms with Crippen molar-refractivity contribution in [2.45, 2.75) is 6.92 Å². The van der Waals surface area contributed by atoms with Gasteiger partial charge in [0.15, 0.2) is 16.6 Å². The lowest BCUT2D eigenvalue weighted by molar-refractivity contribution is 0.0591. The highest BCUT2D eigenvalue weighted by Gasteiger charge is 2.21. The molecule has 0 spiro atoms. The van der Waals surface area contributed by atoms with Crippen molar-refractivity contribution in [3.8, 4) is 0 Å². The van der Waals surface area contributed by atoms with Gasteiger partial charge in [0.05, 0.1) is 7.11 Å². The summed E-state index contributed by atoms with van der Waals surface area (Å²) in [6.45, 7) is 5.32. The van der Waals surface area contributed by atoms with Crippen LogP contribution < -0.4 is 5.32 Å². The van der Waals surface area contributed by atoms with Crippen LogP contribution in [0.25, 0.3) is 0 Å². The number of rotatable bonds is 6. The molecule has 1 N–H and O–H groups in total. The number of ether oxygens (including phenoxy) is 1. The number of thiazole rings is 1. The van der Waals surface area contributed by atoms with E-state index < -0.39 is 5.97 Å². The Kier molecular flexibility index (Phi) is 6.01. The number of nitrogens with zero attached hydrogens (tertiary/aromatic N) is 2. The van der Waals surface area contributed by atoms with E-state index in [1.807, 2.05) is 11.8 Å². The summed E-state index contributed by atoms with van der Waals surface area (Å²) in [7, 11) is 1.28.